The zero-order valence-corrected chi connectivity index (χ0v) is 24.1. The molecule has 2 saturated carbocycles. The molecular weight excluding hydrogens is 546 g/mol. The summed E-state index contributed by atoms with van der Waals surface area (Å²) in [4.78, 5) is 13.4. The van der Waals surface area contributed by atoms with Gasteiger partial charge in [-0.2, -0.15) is 0 Å². The third kappa shape index (κ3) is 4.79. The van der Waals surface area contributed by atoms with E-state index in [0.717, 1.165) is 5.69 Å². The van der Waals surface area contributed by atoms with Gasteiger partial charge in [0.1, 0.15) is 5.75 Å². The van der Waals surface area contributed by atoms with Gasteiger partial charge in [-0.3, -0.25) is 9.52 Å². The lowest BCUT2D eigenvalue weighted by Gasteiger charge is -2.43. The second kappa shape index (κ2) is 10.5. The Hall–Kier alpha value is -4.30. The lowest BCUT2D eigenvalue weighted by molar-refractivity contribution is 0.102. The summed E-state index contributed by atoms with van der Waals surface area (Å²) in [5, 5.41) is 6.77. The van der Waals surface area contributed by atoms with Crippen molar-refractivity contribution in [2.45, 2.75) is 36.1 Å². The van der Waals surface area contributed by atoms with Crippen LogP contribution in [0.1, 0.15) is 52.7 Å². The number of amides is 1. The second-order valence-corrected chi connectivity index (χ2v) is 13.3. The highest BCUT2D eigenvalue weighted by molar-refractivity contribution is 7.92. The number of rotatable bonds is 7. The van der Waals surface area contributed by atoms with Crippen LogP contribution in [0.2, 0.25) is 0 Å². The van der Waals surface area contributed by atoms with Crippen LogP contribution < -0.4 is 20.1 Å². The van der Waals surface area contributed by atoms with E-state index in [2.05, 4.69) is 51.8 Å². The summed E-state index contributed by atoms with van der Waals surface area (Å²) in [6, 6.07) is 29.8. The van der Waals surface area contributed by atoms with Crippen molar-refractivity contribution in [1.29, 1.82) is 0 Å². The number of carbonyl (C=O) groups excluding carboxylic acids is 1. The van der Waals surface area contributed by atoms with Gasteiger partial charge in [-0.1, -0.05) is 30.3 Å². The molecule has 7 rings (SSSR count). The highest BCUT2D eigenvalue weighted by Crippen LogP contribution is 2.63. The fourth-order valence-corrected chi connectivity index (χ4v) is 8.47. The molecule has 1 aliphatic heterocycles. The average molecular weight is 580 g/mol. The van der Waals surface area contributed by atoms with Crippen molar-refractivity contribution in [2.75, 3.05) is 22.5 Å². The fourth-order valence-electron chi connectivity index (χ4n) is 7.41. The predicted molar refractivity (Wildman–Crippen MR) is 165 cm³/mol. The van der Waals surface area contributed by atoms with Crippen molar-refractivity contribution in [3.8, 4) is 5.75 Å². The van der Waals surface area contributed by atoms with Crippen molar-refractivity contribution in [2.24, 2.45) is 17.8 Å². The Morgan fingerprint density at radius 3 is 2.31 bits per heavy atom. The van der Waals surface area contributed by atoms with Gasteiger partial charge in [0.05, 0.1) is 18.0 Å². The molecule has 4 aromatic carbocycles. The quantitative estimate of drug-likeness (QED) is 0.218. The van der Waals surface area contributed by atoms with E-state index in [9.17, 15) is 13.2 Å². The Morgan fingerprint density at radius 1 is 0.857 bits per heavy atom. The summed E-state index contributed by atoms with van der Waals surface area (Å²) in [5.41, 5.74) is 5.26. The molecule has 1 heterocycles. The smallest absolute Gasteiger partial charge is 0.261 e. The van der Waals surface area contributed by atoms with Crippen LogP contribution in [0.25, 0.3) is 0 Å². The van der Waals surface area contributed by atoms with Crippen molar-refractivity contribution in [3.63, 3.8) is 0 Å². The first-order valence-electron chi connectivity index (χ1n) is 14.4. The molecule has 7 nitrogen and oxygen atoms in total. The van der Waals surface area contributed by atoms with Crippen LogP contribution in [-0.2, 0) is 10.0 Å². The molecule has 1 amide bonds. The van der Waals surface area contributed by atoms with Crippen molar-refractivity contribution < 1.29 is 17.9 Å². The number of fused-ring (bicyclic) bond motifs is 7. The van der Waals surface area contributed by atoms with Crippen LogP contribution in [0, 0.1) is 17.8 Å². The normalized spacial score (nSPS) is 23.8. The maximum Gasteiger partial charge on any atom is 0.261 e. The van der Waals surface area contributed by atoms with Crippen LogP contribution in [-0.4, -0.2) is 21.4 Å². The molecule has 0 aromatic heterocycles. The van der Waals surface area contributed by atoms with Crippen molar-refractivity contribution >= 4 is 33.0 Å². The summed E-state index contributed by atoms with van der Waals surface area (Å²) in [6.07, 6.45) is 3.80. The predicted octanol–water partition coefficient (Wildman–Crippen LogP) is 7.04. The van der Waals surface area contributed by atoms with E-state index in [1.54, 1.807) is 43.5 Å². The standard InChI is InChI=1S/C34H33N3O4S/c1-41-27-14-10-26(11-15-27)37-42(39,40)28-16-12-25(13-17-28)35-34(38)24-9-18-30-29(20-24)31-22-7-8-23(19-22)32(31)33(36-30)21-5-3-2-4-6-21/h2-6,9-18,20,22-23,31-33,36-37H,7-8,19H2,1H3,(H,35,38)/t22-,23-,31-,32+,33-/m0/s1. The molecule has 0 unspecified atom stereocenters. The molecular formula is C34H33N3O4S. The number of hydrogen-bond acceptors (Lipinski definition) is 5. The minimum atomic E-state index is -3.79. The molecule has 0 saturated heterocycles. The third-order valence-corrected chi connectivity index (χ3v) is 10.7. The summed E-state index contributed by atoms with van der Waals surface area (Å²) in [7, 11) is -2.24. The van der Waals surface area contributed by atoms with Gasteiger partial charge in [-0.15, -0.1) is 0 Å². The minimum Gasteiger partial charge on any atom is -0.497 e. The first-order valence-corrected chi connectivity index (χ1v) is 15.9. The monoisotopic (exact) mass is 579 g/mol. The topological polar surface area (TPSA) is 96.5 Å². The van der Waals surface area contributed by atoms with Gasteiger partial charge < -0.3 is 15.4 Å². The molecule has 4 aromatic rings. The van der Waals surface area contributed by atoms with E-state index >= 15 is 0 Å². The van der Waals surface area contributed by atoms with E-state index in [4.69, 9.17) is 4.74 Å². The maximum atomic E-state index is 13.3. The molecule has 5 atom stereocenters. The summed E-state index contributed by atoms with van der Waals surface area (Å²) < 4.78 is 33.4. The second-order valence-electron chi connectivity index (χ2n) is 11.6. The van der Waals surface area contributed by atoms with Gasteiger partial charge in [0.2, 0.25) is 0 Å². The molecule has 0 spiro atoms. The van der Waals surface area contributed by atoms with Crippen LogP contribution in [0.5, 0.6) is 5.75 Å². The van der Waals surface area contributed by atoms with Gasteiger partial charge in [-0.25, -0.2) is 8.42 Å². The van der Waals surface area contributed by atoms with Crippen LogP contribution in [0.4, 0.5) is 17.1 Å². The number of methoxy groups -OCH3 is 1. The summed E-state index contributed by atoms with van der Waals surface area (Å²) in [5.74, 6) is 2.76. The molecule has 2 bridgehead atoms. The lowest BCUT2D eigenvalue weighted by atomic mass is 9.68. The number of ether oxygens (including phenoxy) is 1. The molecule has 3 N–H and O–H groups in total. The number of carbonyl (C=O) groups is 1. The zero-order chi connectivity index (χ0) is 28.8. The van der Waals surface area contributed by atoms with E-state index in [0.29, 0.717) is 46.4 Å². The number of benzene rings is 4. The summed E-state index contributed by atoms with van der Waals surface area (Å²) >= 11 is 0. The highest BCUT2D eigenvalue weighted by atomic mass is 32.2. The third-order valence-electron chi connectivity index (χ3n) is 9.27. The Balaban J connectivity index is 1.08. The average Bonchev–Trinajstić information content (AvgIpc) is 3.65. The SMILES string of the molecule is COc1ccc(NS(=O)(=O)c2ccc(NC(=O)c3ccc4c(c3)[C@@H]3[C@H]5CC[C@@H](C5)[C@H]3[C@H](c3ccccc3)N4)cc2)cc1. The Bertz CT molecular complexity index is 1720. The van der Waals surface area contributed by atoms with Crippen molar-refractivity contribution in [1.82, 2.24) is 0 Å². The number of hydrogen-bond donors (Lipinski definition) is 3. The van der Waals surface area contributed by atoms with E-state index in [1.807, 2.05) is 12.1 Å². The lowest BCUT2D eigenvalue weighted by Crippen LogP contribution is -2.35. The van der Waals surface area contributed by atoms with Gasteiger partial charge >= 0.3 is 0 Å². The van der Waals surface area contributed by atoms with Crippen LogP contribution in [0.3, 0.4) is 0 Å². The number of anilines is 3. The Labute approximate surface area is 246 Å². The fraction of sp³-hybridized carbons (Fsp3) is 0.265. The first-order chi connectivity index (χ1) is 20.4. The van der Waals surface area contributed by atoms with Crippen LogP contribution >= 0.6 is 0 Å². The van der Waals surface area contributed by atoms with E-state index in [1.165, 1.54) is 42.5 Å². The van der Waals surface area contributed by atoms with Crippen molar-refractivity contribution in [3.05, 3.63) is 114 Å². The largest absolute Gasteiger partial charge is 0.497 e. The molecule has 42 heavy (non-hydrogen) atoms. The van der Waals surface area contributed by atoms with Gasteiger partial charge in [0.25, 0.3) is 15.9 Å². The Morgan fingerprint density at radius 2 is 1.57 bits per heavy atom. The van der Waals surface area contributed by atoms with Gasteiger partial charge in [0.15, 0.2) is 0 Å². The zero-order valence-electron chi connectivity index (χ0n) is 23.3. The van der Waals surface area contributed by atoms with E-state index in [-0.39, 0.29) is 16.8 Å². The first kappa shape index (κ1) is 26.6. The number of sulfonamides is 1. The molecule has 2 fully saturated rings. The molecule has 3 aliphatic rings. The summed E-state index contributed by atoms with van der Waals surface area (Å²) in [6.45, 7) is 0. The number of nitrogens with one attached hydrogen (secondary N) is 3. The van der Waals surface area contributed by atoms with E-state index < -0.39 is 10.0 Å². The molecule has 2 aliphatic carbocycles. The maximum absolute atomic E-state index is 13.3. The molecule has 0 radical (unpaired) electrons. The van der Waals surface area contributed by atoms with Crippen LogP contribution in [0.15, 0.2) is 102 Å². The highest BCUT2D eigenvalue weighted by Gasteiger charge is 2.53. The molecule has 8 heteroatoms. The van der Waals surface area contributed by atoms with Gasteiger partial charge in [0, 0.05) is 22.6 Å². The van der Waals surface area contributed by atoms with Gasteiger partial charge in [-0.05, 0) is 121 Å². The minimum absolute atomic E-state index is 0.103. The Kier molecular flexibility index (Phi) is 6.66. The molecule has 214 valence electrons.